The smallest absolute Gasteiger partial charge is 0.271 e. The standard InChI is InChI=1S/C23H14ClN3O2S2/c24-16-6-4-5-15(13-16)19-10-9-18(29-19)14-20-21(28)27(17-7-2-1-3-8-17)23(31-20)26-22-25-11-12-30-22/h1-14H/b20-14+,26-23+. The lowest BCUT2D eigenvalue weighted by atomic mass is 10.2. The summed E-state index contributed by atoms with van der Waals surface area (Å²) in [5.74, 6) is 1.10. The number of para-hydroxylation sites is 1. The van der Waals surface area contributed by atoms with Crippen molar-refractivity contribution in [3.63, 3.8) is 0 Å². The van der Waals surface area contributed by atoms with E-state index < -0.39 is 0 Å². The summed E-state index contributed by atoms with van der Waals surface area (Å²) in [5, 5.41) is 3.64. The largest absolute Gasteiger partial charge is 0.457 e. The highest BCUT2D eigenvalue weighted by Crippen LogP contribution is 2.38. The number of carbonyl (C=O) groups is 1. The van der Waals surface area contributed by atoms with Gasteiger partial charge in [0.1, 0.15) is 11.5 Å². The van der Waals surface area contributed by atoms with Gasteiger partial charge in [0.15, 0.2) is 5.17 Å². The van der Waals surface area contributed by atoms with Crippen LogP contribution in [-0.2, 0) is 4.79 Å². The number of thiazole rings is 1. The van der Waals surface area contributed by atoms with Crippen LogP contribution in [0.1, 0.15) is 5.76 Å². The summed E-state index contributed by atoms with van der Waals surface area (Å²) in [7, 11) is 0. The minimum Gasteiger partial charge on any atom is -0.457 e. The molecule has 1 aliphatic heterocycles. The van der Waals surface area contributed by atoms with E-state index in [0.29, 0.717) is 31.7 Å². The topological polar surface area (TPSA) is 58.7 Å². The highest BCUT2D eigenvalue weighted by molar-refractivity contribution is 8.19. The van der Waals surface area contributed by atoms with E-state index >= 15 is 0 Å². The Bertz CT molecular complexity index is 1300. The Balaban J connectivity index is 1.50. The molecule has 3 heterocycles. The Morgan fingerprint density at radius 2 is 1.94 bits per heavy atom. The molecule has 0 bridgehead atoms. The number of nitrogens with zero attached hydrogens (tertiary/aromatic N) is 3. The maximum atomic E-state index is 13.3. The zero-order valence-corrected chi connectivity index (χ0v) is 18.3. The zero-order chi connectivity index (χ0) is 21.2. The number of amidine groups is 1. The number of benzene rings is 2. The van der Waals surface area contributed by atoms with Crippen LogP contribution in [0.5, 0.6) is 0 Å². The Morgan fingerprint density at radius 1 is 1.06 bits per heavy atom. The number of aromatic nitrogens is 1. The van der Waals surface area contributed by atoms with E-state index in [9.17, 15) is 4.79 Å². The number of amides is 1. The number of thioether (sulfide) groups is 1. The molecule has 0 N–H and O–H groups in total. The van der Waals surface area contributed by atoms with E-state index in [1.54, 1.807) is 17.2 Å². The lowest BCUT2D eigenvalue weighted by molar-refractivity contribution is -0.113. The molecular formula is C23H14ClN3O2S2. The highest BCUT2D eigenvalue weighted by Gasteiger charge is 2.35. The van der Waals surface area contributed by atoms with Crippen molar-refractivity contribution in [2.45, 2.75) is 0 Å². The minimum absolute atomic E-state index is 0.160. The van der Waals surface area contributed by atoms with Crippen LogP contribution in [0, 0.1) is 0 Å². The molecule has 2 aromatic carbocycles. The molecule has 0 radical (unpaired) electrons. The van der Waals surface area contributed by atoms with Crippen molar-refractivity contribution in [1.82, 2.24) is 4.98 Å². The van der Waals surface area contributed by atoms with E-state index in [-0.39, 0.29) is 5.91 Å². The van der Waals surface area contributed by atoms with Gasteiger partial charge < -0.3 is 4.42 Å². The van der Waals surface area contributed by atoms with E-state index in [1.165, 1.54) is 23.1 Å². The van der Waals surface area contributed by atoms with Gasteiger partial charge in [-0.2, -0.15) is 4.99 Å². The molecule has 1 fully saturated rings. The molecule has 0 atom stereocenters. The van der Waals surface area contributed by atoms with Crippen molar-refractivity contribution in [2.24, 2.45) is 4.99 Å². The summed E-state index contributed by atoms with van der Waals surface area (Å²) in [6.07, 6.45) is 3.43. The second kappa shape index (κ2) is 8.55. The molecule has 5 rings (SSSR count). The summed E-state index contributed by atoms with van der Waals surface area (Å²) < 4.78 is 5.95. The van der Waals surface area contributed by atoms with Crippen molar-refractivity contribution in [2.75, 3.05) is 4.90 Å². The van der Waals surface area contributed by atoms with Crippen LogP contribution < -0.4 is 4.90 Å². The molecule has 0 saturated carbocycles. The lowest BCUT2D eigenvalue weighted by Gasteiger charge is -2.14. The van der Waals surface area contributed by atoms with Gasteiger partial charge in [0.25, 0.3) is 5.91 Å². The molecule has 0 aliphatic carbocycles. The Kier molecular flexibility index (Phi) is 5.46. The zero-order valence-electron chi connectivity index (χ0n) is 15.9. The van der Waals surface area contributed by atoms with Gasteiger partial charge in [0.2, 0.25) is 5.13 Å². The first kappa shape index (κ1) is 19.8. The van der Waals surface area contributed by atoms with Gasteiger partial charge in [0, 0.05) is 28.2 Å². The molecule has 31 heavy (non-hydrogen) atoms. The highest BCUT2D eigenvalue weighted by atomic mass is 35.5. The van der Waals surface area contributed by atoms with Gasteiger partial charge in [-0.1, -0.05) is 41.9 Å². The summed E-state index contributed by atoms with van der Waals surface area (Å²) in [6.45, 7) is 0. The number of halogens is 1. The number of anilines is 1. The predicted molar refractivity (Wildman–Crippen MR) is 128 cm³/mol. The Hall–Kier alpha value is -3.13. The summed E-state index contributed by atoms with van der Waals surface area (Å²) in [6, 6.07) is 20.6. The predicted octanol–water partition coefficient (Wildman–Crippen LogP) is 6.87. The van der Waals surface area contributed by atoms with Crippen LogP contribution in [0.2, 0.25) is 5.02 Å². The number of rotatable bonds is 4. The van der Waals surface area contributed by atoms with Crippen LogP contribution in [-0.4, -0.2) is 16.1 Å². The average molecular weight is 464 g/mol. The normalized spacial score (nSPS) is 16.5. The van der Waals surface area contributed by atoms with Gasteiger partial charge in [-0.15, -0.1) is 11.3 Å². The molecule has 0 spiro atoms. The average Bonchev–Trinajstić information content (AvgIpc) is 3.51. The fourth-order valence-electron chi connectivity index (χ4n) is 3.06. The van der Waals surface area contributed by atoms with Gasteiger partial charge in [0.05, 0.1) is 10.6 Å². The summed E-state index contributed by atoms with van der Waals surface area (Å²) in [4.78, 5) is 24.2. The first-order chi connectivity index (χ1) is 15.2. The van der Waals surface area contributed by atoms with E-state index in [1.807, 2.05) is 72.1 Å². The van der Waals surface area contributed by atoms with Crippen LogP contribution in [0.25, 0.3) is 17.4 Å². The molecule has 152 valence electrons. The van der Waals surface area contributed by atoms with Crippen LogP contribution >= 0.6 is 34.7 Å². The van der Waals surface area contributed by atoms with Crippen LogP contribution in [0.15, 0.2) is 92.6 Å². The number of aliphatic imine (C=N–C) groups is 1. The Labute approximate surface area is 191 Å². The molecule has 4 aromatic rings. The van der Waals surface area contributed by atoms with Crippen LogP contribution in [0.4, 0.5) is 10.8 Å². The number of furan rings is 1. The summed E-state index contributed by atoms with van der Waals surface area (Å²) >= 11 is 8.79. The van der Waals surface area contributed by atoms with E-state index in [0.717, 1.165) is 11.3 Å². The van der Waals surface area contributed by atoms with Crippen molar-refractivity contribution in [3.8, 4) is 11.3 Å². The van der Waals surface area contributed by atoms with Crippen molar-refractivity contribution in [3.05, 3.63) is 94.0 Å². The second-order valence-electron chi connectivity index (χ2n) is 6.51. The Morgan fingerprint density at radius 3 is 2.71 bits per heavy atom. The monoisotopic (exact) mass is 463 g/mol. The molecule has 2 aromatic heterocycles. The van der Waals surface area contributed by atoms with E-state index in [2.05, 4.69) is 9.98 Å². The quantitative estimate of drug-likeness (QED) is 0.310. The fraction of sp³-hybridized carbons (Fsp3) is 0. The number of hydrogen-bond donors (Lipinski definition) is 0. The molecule has 8 heteroatoms. The third-order valence-corrected chi connectivity index (χ3v) is 6.31. The first-order valence-electron chi connectivity index (χ1n) is 9.30. The van der Waals surface area contributed by atoms with Gasteiger partial charge in [-0.05, 0) is 48.2 Å². The third kappa shape index (κ3) is 4.20. The van der Waals surface area contributed by atoms with Gasteiger partial charge >= 0.3 is 0 Å². The molecule has 1 amide bonds. The van der Waals surface area contributed by atoms with Crippen molar-refractivity contribution < 1.29 is 9.21 Å². The number of carbonyl (C=O) groups excluding carboxylic acids is 1. The minimum atomic E-state index is -0.160. The van der Waals surface area contributed by atoms with Crippen LogP contribution in [0.3, 0.4) is 0 Å². The lowest BCUT2D eigenvalue weighted by Crippen LogP contribution is -2.28. The maximum absolute atomic E-state index is 13.3. The molecule has 1 saturated heterocycles. The second-order valence-corrected chi connectivity index (χ2v) is 8.83. The maximum Gasteiger partial charge on any atom is 0.271 e. The summed E-state index contributed by atoms with van der Waals surface area (Å²) in [5.41, 5.74) is 1.62. The van der Waals surface area contributed by atoms with Gasteiger partial charge in [-0.3, -0.25) is 9.69 Å². The molecular weight excluding hydrogens is 450 g/mol. The van der Waals surface area contributed by atoms with Crippen molar-refractivity contribution >= 4 is 62.7 Å². The SMILES string of the molecule is O=C1/C(=C\c2ccc(-c3cccc(Cl)c3)o2)S/C(=N/c2nccs2)N1c1ccccc1. The molecule has 5 nitrogen and oxygen atoms in total. The van der Waals surface area contributed by atoms with Crippen molar-refractivity contribution in [1.29, 1.82) is 0 Å². The molecule has 1 aliphatic rings. The fourth-order valence-corrected chi connectivity index (χ4v) is 4.78. The molecule has 0 unspecified atom stereocenters. The first-order valence-corrected chi connectivity index (χ1v) is 11.4. The van der Waals surface area contributed by atoms with Gasteiger partial charge in [-0.25, -0.2) is 4.98 Å². The third-order valence-electron chi connectivity index (χ3n) is 4.44. The number of hydrogen-bond acceptors (Lipinski definition) is 6. The van der Waals surface area contributed by atoms with E-state index in [4.69, 9.17) is 16.0 Å².